The Hall–Kier alpha value is -2.67. The van der Waals surface area contributed by atoms with Crippen LogP contribution in [0.4, 0.5) is 4.39 Å². The Morgan fingerprint density at radius 3 is 2.48 bits per heavy atom. The molecule has 0 aliphatic carbocycles. The van der Waals surface area contributed by atoms with Crippen molar-refractivity contribution < 1.29 is 18.7 Å². The molecule has 130 valence electrons. The van der Waals surface area contributed by atoms with Gasteiger partial charge >= 0.3 is 0 Å². The van der Waals surface area contributed by atoms with Crippen molar-refractivity contribution in [3.63, 3.8) is 0 Å². The number of nitrogens with one attached hydrogen (secondary N) is 2. The molecule has 2 rings (SSSR count). The van der Waals surface area contributed by atoms with Crippen LogP contribution in [0.5, 0.6) is 5.75 Å². The van der Waals surface area contributed by atoms with Gasteiger partial charge in [0, 0.05) is 10.5 Å². The fraction of sp³-hybridized carbons (Fsp3) is 0.111. The minimum absolute atomic E-state index is 0.0355. The fourth-order valence-corrected chi connectivity index (χ4v) is 2.06. The van der Waals surface area contributed by atoms with Crippen molar-refractivity contribution in [2.45, 2.75) is 13.0 Å². The van der Waals surface area contributed by atoms with Gasteiger partial charge in [0.25, 0.3) is 11.8 Å². The van der Waals surface area contributed by atoms with Crippen LogP contribution in [0.25, 0.3) is 6.08 Å². The number of ether oxygens (including phenoxy) is 1. The average Bonchev–Trinajstić information content (AvgIpc) is 2.61. The summed E-state index contributed by atoms with van der Waals surface area (Å²) in [7, 11) is 0. The maximum Gasteiger partial charge on any atom is 0.279 e. The molecule has 2 amide bonds. The number of carbonyl (C=O) groups is 2. The first kappa shape index (κ1) is 18.7. The number of hydrogen-bond acceptors (Lipinski definition) is 3. The lowest BCUT2D eigenvalue weighted by Crippen LogP contribution is -2.46. The highest BCUT2D eigenvalue weighted by Gasteiger charge is 2.16. The van der Waals surface area contributed by atoms with E-state index in [4.69, 9.17) is 4.74 Å². The van der Waals surface area contributed by atoms with Gasteiger partial charge in [-0.2, -0.15) is 0 Å². The van der Waals surface area contributed by atoms with Crippen LogP contribution in [0, 0.1) is 5.82 Å². The standard InChI is InChI=1S/C18H16BrFN2O3/c1-12(25-16-5-3-2-4-15(16)20)18(24)22-21-17(23)11-8-13-6-9-14(19)10-7-13/h2-12H,1H3,(H,21,23)(H,22,24)/b11-8+/t12-/m0/s1. The van der Waals surface area contributed by atoms with Gasteiger partial charge in [-0.1, -0.05) is 40.2 Å². The molecule has 0 aliphatic heterocycles. The molecule has 0 radical (unpaired) electrons. The fourth-order valence-electron chi connectivity index (χ4n) is 1.80. The number of hydrazine groups is 1. The van der Waals surface area contributed by atoms with Crippen LogP contribution in [0.1, 0.15) is 12.5 Å². The van der Waals surface area contributed by atoms with Crippen molar-refractivity contribution in [1.29, 1.82) is 0 Å². The summed E-state index contributed by atoms with van der Waals surface area (Å²) in [6.45, 7) is 1.45. The van der Waals surface area contributed by atoms with Crippen LogP contribution in [-0.2, 0) is 9.59 Å². The van der Waals surface area contributed by atoms with Crippen molar-refractivity contribution in [2.24, 2.45) is 0 Å². The molecule has 0 unspecified atom stereocenters. The first-order valence-corrected chi connectivity index (χ1v) is 8.19. The lowest BCUT2D eigenvalue weighted by Gasteiger charge is -2.15. The number of amides is 2. The lowest BCUT2D eigenvalue weighted by molar-refractivity contribution is -0.131. The Balaban J connectivity index is 1.81. The monoisotopic (exact) mass is 406 g/mol. The summed E-state index contributed by atoms with van der Waals surface area (Å²) in [6, 6.07) is 13.1. The summed E-state index contributed by atoms with van der Waals surface area (Å²) in [5.41, 5.74) is 5.29. The van der Waals surface area contributed by atoms with E-state index in [1.807, 2.05) is 24.3 Å². The normalized spacial score (nSPS) is 11.8. The zero-order chi connectivity index (χ0) is 18.2. The van der Waals surface area contributed by atoms with Gasteiger partial charge in [-0.3, -0.25) is 20.4 Å². The Labute approximate surface area is 153 Å². The lowest BCUT2D eigenvalue weighted by atomic mass is 10.2. The molecule has 0 bridgehead atoms. The van der Waals surface area contributed by atoms with E-state index in [1.54, 1.807) is 12.1 Å². The third-order valence-electron chi connectivity index (χ3n) is 3.12. The van der Waals surface area contributed by atoms with E-state index in [9.17, 15) is 14.0 Å². The second-order valence-corrected chi connectivity index (χ2v) is 5.97. The maximum absolute atomic E-state index is 13.5. The largest absolute Gasteiger partial charge is 0.478 e. The van der Waals surface area contributed by atoms with E-state index < -0.39 is 23.7 Å². The van der Waals surface area contributed by atoms with E-state index in [-0.39, 0.29) is 5.75 Å². The highest BCUT2D eigenvalue weighted by molar-refractivity contribution is 9.10. The van der Waals surface area contributed by atoms with Gasteiger partial charge < -0.3 is 4.74 Å². The van der Waals surface area contributed by atoms with Gasteiger partial charge in [0.2, 0.25) is 0 Å². The van der Waals surface area contributed by atoms with Crippen LogP contribution in [0.2, 0.25) is 0 Å². The van der Waals surface area contributed by atoms with E-state index in [2.05, 4.69) is 26.8 Å². The van der Waals surface area contributed by atoms with Crippen molar-refractivity contribution in [2.75, 3.05) is 0 Å². The Bertz CT molecular complexity index is 778. The van der Waals surface area contributed by atoms with Gasteiger partial charge in [0.15, 0.2) is 17.7 Å². The minimum Gasteiger partial charge on any atom is -0.478 e. The molecule has 5 nitrogen and oxygen atoms in total. The molecule has 0 aliphatic rings. The number of benzene rings is 2. The van der Waals surface area contributed by atoms with Crippen LogP contribution in [0.15, 0.2) is 59.1 Å². The van der Waals surface area contributed by atoms with Crippen molar-refractivity contribution in [1.82, 2.24) is 10.9 Å². The third kappa shape index (κ3) is 6.04. The zero-order valence-corrected chi connectivity index (χ0v) is 14.9. The molecule has 0 saturated heterocycles. The Morgan fingerprint density at radius 2 is 1.80 bits per heavy atom. The molecule has 0 spiro atoms. The Morgan fingerprint density at radius 1 is 1.12 bits per heavy atom. The summed E-state index contributed by atoms with van der Waals surface area (Å²) in [4.78, 5) is 23.6. The molecular weight excluding hydrogens is 391 g/mol. The van der Waals surface area contributed by atoms with Crippen LogP contribution in [-0.4, -0.2) is 17.9 Å². The van der Waals surface area contributed by atoms with Crippen LogP contribution >= 0.6 is 15.9 Å². The van der Waals surface area contributed by atoms with E-state index in [1.165, 1.54) is 31.2 Å². The molecule has 7 heteroatoms. The second-order valence-electron chi connectivity index (χ2n) is 5.05. The molecule has 0 fully saturated rings. The molecule has 0 heterocycles. The summed E-state index contributed by atoms with van der Waals surface area (Å²) in [5.74, 6) is -1.71. The summed E-state index contributed by atoms with van der Waals surface area (Å²) in [6.07, 6.45) is 1.91. The van der Waals surface area contributed by atoms with Gasteiger partial charge in [-0.05, 0) is 42.8 Å². The molecule has 0 saturated carbocycles. The van der Waals surface area contributed by atoms with Crippen molar-refractivity contribution >= 4 is 33.8 Å². The smallest absolute Gasteiger partial charge is 0.279 e. The van der Waals surface area contributed by atoms with Crippen molar-refractivity contribution in [3.8, 4) is 5.75 Å². The summed E-state index contributed by atoms with van der Waals surface area (Å²) >= 11 is 3.32. The number of rotatable bonds is 5. The predicted octanol–water partition coefficient (Wildman–Crippen LogP) is 3.22. The third-order valence-corrected chi connectivity index (χ3v) is 3.64. The first-order chi connectivity index (χ1) is 12.0. The highest BCUT2D eigenvalue weighted by Crippen LogP contribution is 2.16. The number of halogens is 2. The molecule has 2 aromatic rings. The first-order valence-electron chi connectivity index (χ1n) is 7.40. The zero-order valence-electron chi connectivity index (χ0n) is 13.3. The van der Waals surface area contributed by atoms with Gasteiger partial charge in [-0.25, -0.2) is 4.39 Å². The van der Waals surface area contributed by atoms with Gasteiger partial charge in [0.05, 0.1) is 0 Å². The molecule has 0 aromatic heterocycles. The van der Waals surface area contributed by atoms with E-state index in [0.29, 0.717) is 0 Å². The Kier molecular flexibility index (Phi) is 6.71. The van der Waals surface area contributed by atoms with Crippen LogP contribution in [0.3, 0.4) is 0 Å². The quantitative estimate of drug-likeness (QED) is 0.591. The minimum atomic E-state index is -0.979. The summed E-state index contributed by atoms with van der Waals surface area (Å²) in [5, 5.41) is 0. The summed E-state index contributed by atoms with van der Waals surface area (Å²) < 4.78 is 19.6. The number of carbonyl (C=O) groups excluding carboxylic acids is 2. The molecule has 1 atom stereocenters. The molecule has 2 N–H and O–H groups in total. The SMILES string of the molecule is C[C@H](Oc1ccccc1F)C(=O)NNC(=O)/C=C/c1ccc(Br)cc1. The second kappa shape index (κ2) is 8.98. The topological polar surface area (TPSA) is 67.4 Å². The van der Waals surface area contributed by atoms with Crippen LogP contribution < -0.4 is 15.6 Å². The van der Waals surface area contributed by atoms with Gasteiger partial charge in [-0.15, -0.1) is 0 Å². The van der Waals surface area contributed by atoms with Gasteiger partial charge in [0.1, 0.15) is 0 Å². The predicted molar refractivity (Wildman–Crippen MR) is 96.0 cm³/mol. The maximum atomic E-state index is 13.5. The molecule has 25 heavy (non-hydrogen) atoms. The van der Waals surface area contributed by atoms with E-state index in [0.717, 1.165) is 10.0 Å². The average molecular weight is 407 g/mol. The molecule has 2 aromatic carbocycles. The highest BCUT2D eigenvalue weighted by atomic mass is 79.9. The van der Waals surface area contributed by atoms with E-state index >= 15 is 0 Å². The number of hydrogen-bond donors (Lipinski definition) is 2. The molecular formula is C18H16BrFN2O3. The van der Waals surface area contributed by atoms with Crippen molar-refractivity contribution in [3.05, 3.63) is 70.5 Å². The number of para-hydroxylation sites is 1.